The molecular weight excluding hydrogens is 280 g/mol. The Kier molecular flexibility index (Phi) is 6.02. The lowest BCUT2D eigenvalue weighted by molar-refractivity contribution is 0.0602. The molecule has 0 spiro atoms. The predicted octanol–water partition coefficient (Wildman–Crippen LogP) is 2.81. The Balaban J connectivity index is 2.00. The first-order valence-corrected chi connectivity index (χ1v) is 9.12. The maximum Gasteiger partial charge on any atom is 0.185 e. The van der Waals surface area contributed by atoms with Gasteiger partial charge in [0.15, 0.2) is 5.13 Å². The van der Waals surface area contributed by atoms with E-state index in [1.165, 1.54) is 12.8 Å². The van der Waals surface area contributed by atoms with E-state index in [4.69, 9.17) is 5.73 Å². The SMILES string of the molecule is CCC(C)CC(CC)(CN)N1CCN(c2nccs2)CC1. The molecule has 1 aromatic heterocycles. The van der Waals surface area contributed by atoms with Gasteiger partial charge < -0.3 is 10.6 Å². The van der Waals surface area contributed by atoms with Crippen molar-refractivity contribution in [3.05, 3.63) is 11.6 Å². The van der Waals surface area contributed by atoms with E-state index < -0.39 is 0 Å². The Morgan fingerprint density at radius 2 is 2.05 bits per heavy atom. The first-order chi connectivity index (χ1) is 10.1. The van der Waals surface area contributed by atoms with Crippen molar-refractivity contribution in [1.29, 1.82) is 0 Å². The minimum atomic E-state index is 0.185. The fourth-order valence-corrected chi connectivity index (χ4v) is 4.09. The van der Waals surface area contributed by atoms with Gasteiger partial charge in [-0.15, -0.1) is 11.3 Å². The molecule has 1 fully saturated rings. The lowest BCUT2D eigenvalue weighted by Gasteiger charge is -2.48. The second-order valence-corrected chi connectivity index (χ2v) is 7.16. The highest BCUT2D eigenvalue weighted by atomic mass is 32.1. The maximum absolute atomic E-state index is 6.22. The third-order valence-electron chi connectivity index (χ3n) is 5.10. The smallest absolute Gasteiger partial charge is 0.185 e. The quantitative estimate of drug-likeness (QED) is 0.841. The van der Waals surface area contributed by atoms with Crippen LogP contribution in [0.3, 0.4) is 0 Å². The van der Waals surface area contributed by atoms with E-state index in [0.29, 0.717) is 0 Å². The molecule has 2 heterocycles. The lowest BCUT2D eigenvalue weighted by atomic mass is 9.82. The van der Waals surface area contributed by atoms with Gasteiger partial charge in [-0.3, -0.25) is 4.90 Å². The first kappa shape index (κ1) is 16.7. The predicted molar refractivity (Wildman–Crippen MR) is 92.0 cm³/mol. The molecule has 0 saturated carbocycles. The zero-order valence-corrected chi connectivity index (χ0v) is 14.5. The van der Waals surface area contributed by atoms with E-state index >= 15 is 0 Å². The fraction of sp³-hybridized carbons (Fsp3) is 0.812. The highest BCUT2D eigenvalue weighted by Gasteiger charge is 2.36. The molecule has 0 aliphatic carbocycles. The normalized spacial score (nSPS) is 21.2. The van der Waals surface area contributed by atoms with Crippen molar-refractivity contribution in [3.63, 3.8) is 0 Å². The molecule has 1 aliphatic heterocycles. The van der Waals surface area contributed by atoms with Crippen molar-refractivity contribution >= 4 is 16.5 Å². The molecule has 2 unspecified atom stereocenters. The Morgan fingerprint density at radius 3 is 2.52 bits per heavy atom. The average molecular weight is 311 g/mol. The monoisotopic (exact) mass is 310 g/mol. The van der Waals surface area contributed by atoms with Crippen LogP contribution in [0.5, 0.6) is 0 Å². The largest absolute Gasteiger partial charge is 0.346 e. The number of nitrogens with two attached hydrogens (primary N) is 1. The number of aromatic nitrogens is 1. The minimum absolute atomic E-state index is 0.185. The molecule has 120 valence electrons. The minimum Gasteiger partial charge on any atom is -0.346 e. The van der Waals surface area contributed by atoms with Crippen molar-refractivity contribution in [3.8, 4) is 0 Å². The van der Waals surface area contributed by atoms with Crippen LogP contribution in [0.4, 0.5) is 5.13 Å². The van der Waals surface area contributed by atoms with Crippen LogP contribution in [0, 0.1) is 5.92 Å². The standard InChI is InChI=1S/C16H30N4S/c1-4-14(3)12-16(5-2,13-17)20-9-7-19(8-10-20)15-18-6-11-21-15/h6,11,14H,4-5,7-10,12-13,17H2,1-3H3. The van der Waals surface area contributed by atoms with Crippen LogP contribution in [-0.2, 0) is 0 Å². The number of hydrogen-bond acceptors (Lipinski definition) is 5. The molecule has 2 atom stereocenters. The number of anilines is 1. The molecule has 21 heavy (non-hydrogen) atoms. The van der Waals surface area contributed by atoms with Crippen molar-refractivity contribution in [2.75, 3.05) is 37.6 Å². The number of piperazine rings is 1. The van der Waals surface area contributed by atoms with Crippen LogP contribution < -0.4 is 10.6 Å². The summed E-state index contributed by atoms with van der Waals surface area (Å²) in [6, 6.07) is 0. The summed E-state index contributed by atoms with van der Waals surface area (Å²) in [7, 11) is 0. The van der Waals surface area contributed by atoms with Gasteiger partial charge in [0.2, 0.25) is 0 Å². The molecule has 1 aromatic rings. The third kappa shape index (κ3) is 3.76. The molecule has 0 aromatic carbocycles. The van der Waals surface area contributed by atoms with Crippen molar-refractivity contribution in [2.24, 2.45) is 11.7 Å². The zero-order valence-electron chi connectivity index (χ0n) is 13.7. The maximum atomic E-state index is 6.22. The summed E-state index contributed by atoms with van der Waals surface area (Å²) in [5.41, 5.74) is 6.40. The summed E-state index contributed by atoms with van der Waals surface area (Å²) in [5.74, 6) is 0.741. The Labute approximate surface area is 133 Å². The van der Waals surface area contributed by atoms with E-state index in [-0.39, 0.29) is 5.54 Å². The molecule has 0 radical (unpaired) electrons. The van der Waals surface area contributed by atoms with E-state index in [1.54, 1.807) is 11.3 Å². The molecule has 5 heteroatoms. The lowest BCUT2D eigenvalue weighted by Crippen LogP contribution is -2.60. The van der Waals surface area contributed by atoms with Crippen molar-refractivity contribution in [2.45, 2.75) is 45.6 Å². The summed E-state index contributed by atoms with van der Waals surface area (Å²) in [4.78, 5) is 9.48. The van der Waals surface area contributed by atoms with E-state index in [9.17, 15) is 0 Å². The van der Waals surface area contributed by atoms with Gasteiger partial charge in [-0.25, -0.2) is 4.98 Å². The summed E-state index contributed by atoms with van der Waals surface area (Å²) in [6.45, 7) is 12.0. The van der Waals surface area contributed by atoms with Crippen LogP contribution in [0.2, 0.25) is 0 Å². The number of rotatable bonds is 7. The molecule has 0 amide bonds. The number of thiazole rings is 1. The summed E-state index contributed by atoms with van der Waals surface area (Å²) < 4.78 is 0. The van der Waals surface area contributed by atoms with Gasteiger partial charge in [-0.1, -0.05) is 27.2 Å². The summed E-state index contributed by atoms with van der Waals surface area (Å²) >= 11 is 1.74. The van der Waals surface area contributed by atoms with E-state index in [1.807, 2.05) is 6.20 Å². The molecule has 4 nitrogen and oxygen atoms in total. The average Bonchev–Trinajstić information content (AvgIpc) is 3.07. The molecule has 1 aliphatic rings. The first-order valence-electron chi connectivity index (χ1n) is 8.24. The molecule has 2 N–H and O–H groups in total. The molecule has 1 saturated heterocycles. The van der Waals surface area contributed by atoms with Crippen LogP contribution >= 0.6 is 11.3 Å². The van der Waals surface area contributed by atoms with Gasteiger partial charge >= 0.3 is 0 Å². The fourth-order valence-electron chi connectivity index (χ4n) is 3.39. The summed E-state index contributed by atoms with van der Waals surface area (Å²) in [5, 5.41) is 3.22. The van der Waals surface area contributed by atoms with Gasteiger partial charge in [-0.2, -0.15) is 0 Å². The van der Waals surface area contributed by atoms with Gasteiger partial charge in [-0.05, 0) is 18.8 Å². The van der Waals surface area contributed by atoms with Crippen LogP contribution in [0.1, 0.15) is 40.0 Å². The molecule has 0 bridgehead atoms. The highest BCUT2D eigenvalue weighted by Crippen LogP contribution is 2.30. The zero-order chi connectivity index (χ0) is 15.3. The molecular formula is C16H30N4S. The Hall–Kier alpha value is -0.650. The second kappa shape index (κ2) is 7.56. The third-order valence-corrected chi connectivity index (χ3v) is 5.94. The topological polar surface area (TPSA) is 45.4 Å². The Morgan fingerprint density at radius 1 is 1.33 bits per heavy atom. The van der Waals surface area contributed by atoms with Gasteiger partial charge in [0.25, 0.3) is 0 Å². The van der Waals surface area contributed by atoms with Crippen LogP contribution in [0.25, 0.3) is 0 Å². The van der Waals surface area contributed by atoms with Crippen LogP contribution in [0.15, 0.2) is 11.6 Å². The Bertz CT molecular complexity index is 394. The van der Waals surface area contributed by atoms with Gasteiger partial charge in [0.05, 0.1) is 0 Å². The van der Waals surface area contributed by atoms with Crippen LogP contribution in [-0.4, -0.2) is 48.1 Å². The molecule has 2 rings (SSSR count). The van der Waals surface area contributed by atoms with Crippen molar-refractivity contribution in [1.82, 2.24) is 9.88 Å². The number of nitrogens with zero attached hydrogens (tertiary/aromatic N) is 3. The van der Waals surface area contributed by atoms with Crippen molar-refractivity contribution < 1.29 is 0 Å². The number of hydrogen-bond donors (Lipinski definition) is 1. The summed E-state index contributed by atoms with van der Waals surface area (Å²) in [6.07, 6.45) is 5.49. The van der Waals surface area contributed by atoms with E-state index in [0.717, 1.165) is 50.2 Å². The second-order valence-electron chi connectivity index (χ2n) is 6.29. The van der Waals surface area contributed by atoms with E-state index in [2.05, 4.69) is 40.9 Å². The van der Waals surface area contributed by atoms with Gasteiger partial charge in [0, 0.05) is 49.8 Å². The highest BCUT2D eigenvalue weighted by molar-refractivity contribution is 7.13. The van der Waals surface area contributed by atoms with Gasteiger partial charge in [0.1, 0.15) is 0 Å².